The van der Waals surface area contributed by atoms with Crippen molar-refractivity contribution in [3.05, 3.63) is 45.2 Å². The van der Waals surface area contributed by atoms with E-state index in [0.29, 0.717) is 23.2 Å². The van der Waals surface area contributed by atoms with Gasteiger partial charge < -0.3 is 10.5 Å². The normalized spacial score (nSPS) is 10.9. The maximum Gasteiger partial charge on any atom is 0.131 e. The molecule has 114 valence electrons. The zero-order valence-electron chi connectivity index (χ0n) is 12.2. The van der Waals surface area contributed by atoms with Gasteiger partial charge >= 0.3 is 0 Å². The number of hydrogen-bond acceptors (Lipinski definition) is 3. The van der Waals surface area contributed by atoms with Crippen LogP contribution in [-0.2, 0) is 26.5 Å². The van der Waals surface area contributed by atoms with E-state index in [1.807, 2.05) is 26.1 Å². The van der Waals surface area contributed by atoms with Crippen LogP contribution in [0.1, 0.15) is 23.9 Å². The Hall–Kier alpha value is -1.23. The Morgan fingerprint density at radius 1 is 1.33 bits per heavy atom. The lowest BCUT2D eigenvalue weighted by molar-refractivity contribution is 0.292. The second-order valence-electron chi connectivity index (χ2n) is 4.76. The molecule has 0 spiro atoms. The molecule has 4 nitrogen and oxygen atoms in total. The third-order valence-corrected chi connectivity index (χ3v) is 3.97. The molecule has 0 amide bonds. The van der Waals surface area contributed by atoms with Crippen molar-refractivity contribution in [3.8, 4) is 5.75 Å². The quantitative estimate of drug-likeness (QED) is 0.884. The Morgan fingerprint density at radius 2 is 2.10 bits per heavy atom. The van der Waals surface area contributed by atoms with E-state index in [-0.39, 0.29) is 0 Å². The molecule has 2 N–H and O–H groups in total. The van der Waals surface area contributed by atoms with Crippen LogP contribution in [0.15, 0.2) is 18.2 Å². The third kappa shape index (κ3) is 3.70. The van der Waals surface area contributed by atoms with E-state index in [2.05, 4.69) is 5.10 Å². The Morgan fingerprint density at radius 3 is 2.71 bits per heavy atom. The number of aromatic nitrogens is 2. The lowest BCUT2D eigenvalue weighted by atomic mass is 10.1. The van der Waals surface area contributed by atoms with Crippen LogP contribution in [0.2, 0.25) is 10.0 Å². The summed E-state index contributed by atoms with van der Waals surface area (Å²) in [6.07, 6.45) is 1.52. The van der Waals surface area contributed by atoms with Crippen molar-refractivity contribution in [3.63, 3.8) is 0 Å². The maximum absolute atomic E-state index is 6.32. The Labute approximate surface area is 134 Å². The van der Waals surface area contributed by atoms with Gasteiger partial charge in [-0.1, -0.05) is 30.1 Å². The van der Waals surface area contributed by atoms with Gasteiger partial charge in [-0.3, -0.25) is 4.68 Å². The molecule has 0 aliphatic rings. The Bertz CT molecular complexity index is 626. The molecule has 0 atom stereocenters. The Balaban J connectivity index is 2.18. The molecule has 0 saturated carbocycles. The maximum atomic E-state index is 6.32. The van der Waals surface area contributed by atoms with Crippen LogP contribution in [-0.4, -0.2) is 16.3 Å². The smallest absolute Gasteiger partial charge is 0.131 e. The number of benzene rings is 1. The third-order valence-electron chi connectivity index (χ3n) is 3.30. The summed E-state index contributed by atoms with van der Waals surface area (Å²) in [4.78, 5) is 0. The SMILES string of the molecule is CCc1nn(C)c(COc2ccc(Cl)cc2CCN)c1Cl. The second-order valence-corrected chi connectivity index (χ2v) is 5.58. The van der Waals surface area contributed by atoms with Crippen LogP contribution < -0.4 is 10.5 Å². The van der Waals surface area contributed by atoms with E-state index in [4.69, 9.17) is 33.7 Å². The fraction of sp³-hybridized carbons (Fsp3) is 0.400. The van der Waals surface area contributed by atoms with Gasteiger partial charge in [-0.15, -0.1) is 0 Å². The lowest BCUT2D eigenvalue weighted by Gasteiger charge is -2.12. The number of aryl methyl sites for hydroxylation is 2. The van der Waals surface area contributed by atoms with E-state index in [1.54, 1.807) is 10.7 Å². The molecule has 2 rings (SSSR count). The van der Waals surface area contributed by atoms with Crippen LogP contribution in [0.3, 0.4) is 0 Å². The Kier molecular flexibility index (Phi) is 5.51. The van der Waals surface area contributed by atoms with Gasteiger partial charge in [0.15, 0.2) is 0 Å². The molecule has 1 aromatic carbocycles. The topological polar surface area (TPSA) is 53.1 Å². The van der Waals surface area contributed by atoms with Gasteiger partial charge in [0, 0.05) is 12.1 Å². The predicted octanol–water partition coefficient (Wildman–Crippen LogP) is 3.37. The van der Waals surface area contributed by atoms with E-state index in [9.17, 15) is 0 Å². The summed E-state index contributed by atoms with van der Waals surface area (Å²) in [6.45, 7) is 2.93. The summed E-state index contributed by atoms with van der Waals surface area (Å²) in [5, 5.41) is 5.73. The van der Waals surface area contributed by atoms with E-state index in [0.717, 1.165) is 35.5 Å². The molecule has 21 heavy (non-hydrogen) atoms. The molecule has 6 heteroatoms. The first kappa shape index (κ1) is 16.1. The molecule has 0 fully saturated rings. The van der Waals surface area contributed by atoms with Gasteiger partial charge in [0.05, 0.1) is 16.4 Å². The lowest BCUT2D eigenvalue weighted by Crippen LogP contribution is -2.07. The number of hydrogen-bond donors (Lipinski definition) is 1. The minimum absolute atomic E-state index is 0.363. The molecule has 0 aliphatic heterocycles. The van der Waals surface area contributed by atoms with Crippen molar-refractivity contribution in [2.45, 2.75) is 26.4 Å². The summed E-state index contributed by atoms with van der Waals surface area (Å²) in [5.74, 6) is 0.778. The molecular weight excluding hydrogens is 309 g/mol. The number of ether oxygens (including phenoxy) is 1. The fourth-order valence-electron chi connectivity index (χ4n) is 2.16. The van der Waals surface area contributed by atoms with Gasteiger partial charge in [-0.05, 0) is 43.1 Å². The van der Waals surface area contributed by atoms with Crippen LogP contribution in [0.4, 0.5) is 0 Å². The molecule has 0 aliphatic carbocycles. The van der Waals surface area contributed by atoms with Gasteiger partial charge in [-0.25, -0.2) is 0 Å². The highest BCUT2D eigenvalue weighted by Gasteiger charge is 2.14. The zero-order chi connectivity index (χ0) is 15.4. The zero-order valence-corrected chi connectivity index (χ0v) is 13.7. The van der Waals surface area contributed by atoms with Crippen molar-refractivity contribution in [1.82, 2.24) is 9.78 Å². The molecule has 0 radical (unpaired) electrons. The summed E-state index contributed by atoms with van der Waals surface area (Å²) in [6, 6.07) is 5.55. The minimum Gasteiger partial charge on any atom is -0.487 e. The molecule has 1 aromatic heterocycles. The van der Waals surface area contributed by atoms with Crippen molar-refractivity contribution in [2.24, 2.45) is 12.8 Å². The van der Waals surface area contributed by atoms with E-state index >= 15 is 0 Å². The van der Waals surface area contributed by atoms with Crippen LogP contribution in [0, 0.1) is 0 Å². The van der Waals surface area contributed by atoms with Gasteiger partial charge in [0.1, 0.15) is 12.4 Å². The van der Waals surface area contributed by atoms with Crippen LogP contribution in [0.25, 0.3) is 0 Å². The van der Waals surface area contributed by atoms with Gasteiger partial charge in [0.25, 0.3) is 0 Å². The molecule has 2 aromatic rings. The van der Waals surface area contributed by atoms with Gasteiger partial charge in [-0.2, -0.15) is 5.10 Å². The fourth-order valence-corrected chi connectivity index (χ4v) is 2.71. The largest absolute Gasteiger partial charge is 0.487 e. The van der Waals surface area contributed by atoms with Crippen molar-refractivity contribution < 1.29 is 4.74 Å². The number of nitrogens with zero attached hydrogens (tertiary/aromatic N) is 2. The minimum atomic E-state index is 0.363. The average Bonchev–Trinajstić information content (AvgIpc) is 2.73. The average molecular weight is 328 g/mol. The van der Waals surface area contributed by atoms with Crippen molar-refractivity contribution in [1.29, 1.82) is 0 Å². The monoisotopic (exact) mass is 327 g/mol. The number of halogens is 2. The predicted molar refractivity (Wildman–Crippen MR) is 86.1 cm³/mol. The first-order chi connectivity index (χ1) is 10.1. The number of nitrogens with two attached hydrogens (primary N) is 1. The molecule has 0 unspecified atom stereocenters. The standard InChI is InChI=1S/C15H19Cl2N3O/c1-3-12-15(17)13(20(2)19-12)9-21-14-5-4-11(16)8-10(14)6-7-18/h4-5,8H,3,6-7,9,18H2,1-2H3. The molecular formula is C15H19Cl2N3O. The van der Waals surface area contributed by atoms with Crippen molar-refractivity contribution in [2.75, 3.05) is 6.54 Å². The summed E-state index contributed by atoms with van der Waals surface area (Å²) in [5.41, 5.74) is 8.37. The van der Waals surface area contributed by atoms with Crippen LogP contribution in [0.5, 0.6) is 5.75 Å². The van der Waals surface area contributed by atoms with Crippen molar-refractivity contribution >= 4 is 23.2 Å². The van der Waals surface area contributed by atoms with Crippen LogP contribution >= 0.6 is 23.2 Å². The first-order valence-corrected chi connectivity index (χ1v) is 7.64. The molecule has 0 saturated heterocycles. The second kappa shape index (κ2) is 7.16. The summed E-state index contributed by atoms with van der Waals surface area (Å²) >= 11 is 12.3. The molecule has 1 heterocycles. The highest BCUT2D eigenvalue weighted by molar-refractivity contribution is 6.32. The van der Waals surface area contributed by atoms with Gasteiger partial charge in [0.2, 0.25) is 0 Å². The summed E-state index contributed by atoms with van der Waals surface area (Å²) in [7, 11) is 1.87. The first-order valence-electron chi connectivity index (χ1n) is 6.88. The van der Waals surface area contributed by atoms with E-state index < -0.39 is 0 Å². The number of rotatable bonds is 6. The highest BCUT2D eigenvalue weighted by Crippen LogP contribution is 2.26. The highest BCUT2D eigenvalue weighted by atomic mass is 35.5. The molecule has 0 bridgehead atoms. The van der Waals surface area contributed by atoms with E-state index in [1.165, 1.54) is 0 Å². The summed E-state index contributed by atoms with van der Waals surface area (Å²) < 4.78 is 7.65.